The molecule has 0 bridgehead atoms. The Bertz CT molecular complexity index is 650. The summed E-state index contributed by atoms with van der Waals surface area (Å²) in [6.07, 6.45) is 0. The molecule has 2 aromatic rings. The van der Waals surface area contributed by atoms with Gasteiger partial charge in [0.05, 0.1) is 5.52 Å². The number of anilines is 1. The number of carbonyl (C=O) groups excluding carboxylic acids is 1. The summed E-state index contributed by atoms with van der Waals surface area (Å²) in [5.41, 5.74) is 7.83. The summed E-state index contributed by atoms with van der Waals surface area (Å²) in [6.45, 7) is 8.95. The zero-order valence-electron chi connectivity index (χ0n) is 13.1. The molecule has 112 valence electrons. The van der Waals surface area contributed by atoms with Crippen LogP contribution in [-0.2, 0) is 0 Å². The Morgan fingerprint density at radius 3 is 2.52 bits per heavy atom. The predicted octanol–water partition coefficient (Wildman–Crippen LogP) is 3.32. The fourth-order valence-electron chi connectivity index (χ4n) is 2.38. The van der Waals surface area contributed by atoms with Gasteiger partial charge in [-0.2, -0.15) is 0 Å². The maximum atomic E-state index is 12.7. The minimum Gasteiger partial charge on any atom is -0.398 e. The molecule has 0 saturated heterocycles. The molecule has 0 radical (unpaired) electrons. The number of benzene rings is 1. The Morgan fingerprint density at radius 1 is 1.24 bits per heavy atom. The molecule has 0 fully saturated rings. The second-order valence-electron chi connectivity index (χ2n) is 6.06. The SMILES string of the molecule is CC(C)CN(C(=O)c1cc(N)c2ccccc2n1)C(C)C. The van der Waals surface area contributed by atoms with Crippen molar-refractivity contribution in [3.8, 4) is 0 Å². The summed E-state index contributed by atoms with van der Waals surface area (Å²) in [7, 11) is 0. The predicted molar refractivity (Wildman–Crippen MR) is 87.2 cm³/mol. The highest BCUT2D eigenvalue weighted by molar-refractivity contribution is 5.99. The standard InChI is InChI=1S/C17H23N3O/c1-11(2)10-20(12(3)4)17(21)16-9-14(18)13-7-5-6-8-15(13)19-16/h5-9,11-12H,10H2,1-4H3,(H2,18,19). The van der Waals surface area contributed by atoms with Gasteiger partial charge in [-0.05, 0) is 31.9 Å². The number of carbonyl (C=O) groups is 1. The molecule has 2 rings (SSSR count). The van der Waals surface area contributed by atoms with Gasteiger partial charge in [-0.15, -0.1) is 0 Å². The molecule has 0 aliphatic rings. The molecule has 0 spiro atoms. The molecular formula is C17H23N3O. The highest BCUT2D eigenvalue weighted by atomic mass is 16.2. The van der Waals surface area contributed by atoms with Crippen LogP contribution in [-0.4, -0.2) is 28.4 Å². The molecule has 0 unspecified atom stereocenters. The van der Waals surface area contributed by atoms with E-state index in [0.717, 1.165) is 10.9 Å². The van der Waals surface area contributed by atoms with Crippen LogP contribution in [0.2, 0.25) is 0 Å². The van der Waals surface area contributed by atoms with E-state index in [1.54, 1.807) is 6.07 Å². The summed E-state index contributed by atoms with van der Waals surface area (Å²) >= 11 is 0. The molecular weight excluding hydrogens is 262 g/mol. The van der Waals surface area contributed by atoms with E-state index in [2.05, 4.69) is 18.8 Å². The van der Waals surface area contributed by atoms with Crippen molar-refractivity contribution in [1.29, 1.82) is 0 Å². The number of nitrogen functional groups attached to an aromatic ring is 1. The number of aromatic nitrogens is 1. The number of rotatable bonds is 4. The van der Waals surface area contributed by atoms with Crippen molar-refractivity contribution in [3.63, 3.8) is 0 Å². The van der Waals surface area contributed by atoms with Gasteiger partial charge in [0.1, 0.15) is 5.69 Å². The number of nitrogens with two attached hydrogens (primary N) is 1. The number of fused-ring (bicyclic) bond motifs is 1. The number of pyridine rings is 1. The zero-order chi connectivity index (χ0) is 15.6. The topological polar surface area (TPSA) is 59.2 Å². The van der Waals surface area contributed by atoms with Crippen LogP contribution in [0.25, 0.3) is 10.9 Å². The Balaban J connectivity index is 2.42. The molecule has 0 aliphatic heterocycles. The van der Waals surface area contributed by atoms with E-state index in [1.165, 1.54) is 0 Å². The van der Waals surface area contributed by atoms with Crippen LogP contribution < -0.4 is 5.73 Å². The second-order valence-corrected chi connectivity index (χ2v) is 6.06. The van der Waals surface area contributed by atoms with Crippen molar-refractivity contribution in [3.05, 3.63) is 36.0 Å². The third-order valence-electron chi connectivity index (χ3n) is 3.41. The first-order chi connectivity index (χ1) is 9.90. The van der Waals surface area contributed by atoms with Crippen molar-refractivity contribution in [2.24, 2.45) is 5.92 Å². The van der Waals surface area contributed by atoms with Gasteiger partial charge in [0.25, 0.3) is 5.91 Å². The van der Waals surface area contributed by atoms with E-state index in [0.29, 0.717) is 23.8 Å². The summed E-state index contributed by atoms with van der Waals surface area (Å²) < 4.78 is 0. The van der Waals surface area contributed by atoms with Gasteiger partial charge in [-0.3, -0.25) is 4.79 Å². The molecule has 0 aliphatic carbocycles. The quantitative estimate of drug-likeness (QED) is 0.937. The molecule has 0 saturated carbocycles. The molecule has 21 heavy (non-hydrogen) atoms. The lowest BCUT2D eigenvalue weighted by molar-refractivity contribution is 0.0676. The Kier molecular flexibility index (Phi) is 4.46. The van der Waals surface area contributed by atoms with E-state index >= 15 is 0 Å². The van der Waals surface area contributed by atoms with Crippen LogP contribution in [0.5, 0.6) is 0 Å². The Morgan fingerprint density at radius 2 is 1.90 bits per heavy atom. The average Bonchev–Trinajstić information content (AvgIpc) is 2.43. The smallest absolute Gasteiger partial charge is 0.272 e. The molecule has 1 aromatic carbocycles. The summed E-state index contributed by atoms with van der Waals surface area (Å²) in [5, 5.41) is 0.883. The highest BCUT2D eigenvalue weighted by Crippen LogP contribution is 2.21. The van der Waals surface area contributed by atoms with Gasteiger partial charge in [0.15, 0.2) is 0 Å². The molecule has 2 N–H and O–H groups in total. The zero-order valence-corrected chi connectivity index (χ0v) is 13.1. The van der Waals surface area contributed by atoms with Crippen molar-refractivity contribution >= 4 is 22.5 Å². The number of hydrogen-bond donors (Lipinski definition) is 1. The normalized spacial score (nSPS) is 11.3. The van der Waals surface area contributed by atoms with Crippen LogP contribution in [0.1, 0.15) is 38.2 Å². The first-order valence-corrected chi connectivity index (χ1v) is 7.36. The maximum Gasteiger partial charge on any atom is 0.272 e. The molecule has 4 nitrogen and oxygen atoms in total. The van der Waals surface area contributed by atoms with Crippen molar-refractivity contribution in [1.82, 2.24) is 9.88 Å². The summed E-state index contributed by atoms with van der Waals surface area (Å²) in [6, 6.07) is 9.43. The van der Waals surface area contributed by atoms with Crippen LogP contribution in [0.15, 0.2) is 30.3 Å². The lowest BCUT2D eigenvalue weighted by Gasteiger charge is -2.28. The van der Waals surface area contributed by atoms with Crippen molar-refractivity contribution in [2.45, 2.75) is 33.7 Å². The van der Waals surface area contributed by atoms with Gasteiger partial charge >= 0.3 is 0 Å². The summed E-state index contributed by atoms with van der Waals surface area (Å²) in [5.74, 6) is 0.352. The largest absolute Gasteiger partial charge is 0.398 e. The molecule has 1 amide bonds. The van der Waals surface area contributed by atoms with Crippen molar-refractivity contribution < 1.29 is 4.79 Å². The molecule has 1 heterocycles. The average molecular weight is 285 g/mol. The summed E-state index contributed by atoms with van der Waals surface area (Å²) in [4.78, 5) is 19.0. The van der Waals surface area contributed by atoms with Crippen LogP contribution >= 0.6 is 0 Å². The minimum atomic E-state index is -0.0591. The van der Waals surface area contributed by atoms with Gasteiger partial charge in [0, 0.05) is 23.7 Å². The van der Waals surface area contributed by atoms with Crippen LogP contribution in [0.4, 0.5) is 5.69 Å². The van der Waals surface area contributed by atoms with Crippen molar-refractivity contribution in [2.75, 3.05) is 12.3 Å². The maximum absolute atomic E-state index is 12.7. The Labute approximate surface area is 126 Å². The highest BCUT2D eigenvalue weighted by Gasteiger charge is 2.21. The van der Waals surface area contributed by atoms with Gasteiger partial charge in [0.2, 0.25) is 0 Å². The lowest BCUT2D eigenvalue weighted by Crippen LogP contribution is -2.40. The first-order valence-electron chi connectivity index (χ1n) is 7.36. The van der Waals surface area contributed by atoms with Gasteiger partial charge < -0.3 is 10.6 Å². The molecule has 4 heteroatoms. The lowest BCUT2D eigenvalue weighted by atomic mass is 10.1. The monoisotopic (exact) mass is 285 g/mol. The van der Waals surface area contributed by atoms with Crippen LogP contribution in [0.3, 0.4) is 0 Å². The second kappa shape index (κ2) is 6.12. The molecule has 1 aromatic heterocycles. The van der Waals surface area contributed by atoms with E-state index in [9.17, 15) is 4.79 Å². The Hall–Kier alpha value is -2.10. The number of para-hydroxylation sites is 1. The van der Waals surface area contributed by atoms with E-state index in [1.807, 2.05) is 43.0 Å². The third-order valence-corrected chi connectivity index (χ3v) is 3.41. The van der Waals surface area contributed by atoms with E-state index in [4.69, 9.17) is 5.73 Å². The number of amides is 1. The number of nitrogens with zero attached hydrogens (tertiary/aromatic N) is 2. The molecule has 0 atom stereocenters. The van der Waals surface area contributed by atoms with E-state index < -0.39 is 0 Å². The van der Waals surface area contributed by atoms with Crippen LogP contribution in [0, 0.1) is 5.92 Å². The van der Waals surface area contributed by atoms with Gasteiger partial charge in [-0.1, -0.05) is 32.0 Å². The minimum absolute atomic E-state index is 0.0591. The fraction of sp³-hybridized carbons (Fsp3) is 0.412. The van der Waals surface area contributed by atoms with E-state index in [-0.39, 0.29) is 11.9 Å². The first kappa shape index (κ1) is 15.3. The number of hydrogen-bond acceptors (Lipinski definition) is 3. The fourth-order valence-corrected chi connectivity index (χ4v) is 2.38. The van der Waals surface area contributed by atoms with Gasteiger partial charge in [-0.25, -0.2) is 4.98 Å². The third kappa shape index (κ3) is 3.32.